The van der Waals surface area contributed by atoms with Gasteiger partial charge in [-0.05, 0) is 22.3 Å². The molecule has 1 amide bonds. The van der Waals surface area contributed by atoms with E-state index in [1.807, 2.05) is 24.3 Å². The van der Waals surface area contributed by atoms with E-state index in [0.29, 0.717) is 13.0 Å². The average molecular weight is 369 g/mol. The van der Waals surface area contributed by atoms with Gasteiger partial charge in [0.1, 0.15) is 12.6 Å². The molecule has 3 rings (SSSR count). The topological polar surface area (TPSA) is 73.9 Å². The number of methoxy groups -OCH3 is 2. The maximum Gasteiger partial charge on any atom is 0.407 e. The van der Waals surface area contributed by atoms with E-state index in [2.05, 4.69) is 29.6 Å². The first-order valence-corrected chi connectivity index (χ1v) is 8.84. The van der Waals surface area contributed by atoms with Crippen LogP contribution in [-0.2, 0) is 19.0 Å². The first kappa shape index (κ1) is 18.9. The number of nitrogens with one attached hydrogen (secondary N) is 1. The molecule has 0 saturated carbocycles. The lowest BCUT2D eigenvalue weighted by Gasteiger charge is -2.18. The Labute approximate surface area is 158 Å². The van der Waals surface area contributed by atoms with Crippen molar-refractivity contribution in [3.8, 4) is 11.1 Å². The van der Waals surface area contributed by atoms with Gasteiger partial charge in [0, 0.05) is 26.1 Å². The van der Waals surface area contributed by atoms with Crippen LogP contribution in [0.4, 0.5) is 4.79 Å². The van der Waals surface area contributed by atoms with Crippen LogP contribution in [0.2, 0.25) is 0 Å². The highest BCUT2D eigenvalue weighted by atomic mass is 16.6. The minimum Gasteiger partial charge on any atom is -0.467 e. The Morgan fingerprint density at radius 3 is 2.15 bits per heavy atom. The van der Waals surface area contributed by atoms with Gasteiger partial charge in [-0.15, -0.1) is 0 Å². The molecular weight excluding hydrogens is 346 g/mol. The van der Waals surface area contributed by atoms with E-state index in [0.717, 1.165) is 22.3 Å². The van der Waals surface area contributed by atoms with E-state index in [9.17, 15) is 9.59 Å². The molecule has 0 aromatic heterocycles. The molecule has 0 unspecified atom stereocenters. The van der Waals surface area contributed by atoms with Crippen LogP contribution in [0.1, 0.15) is 23.5 Å². The fraction of sp³-hybridized carbons (Fsp3) is 0.333. The van der Waals surface area contributed by atoms with Gasteiger partial charge in [-0.25, -0.2) is 9.59 Å². The van der Waals surface area contributed by atoms with Crippen LogP contribution >= 0.6 is 0 Å². The fourth-order valence-electron chi connectivity index (χ4n) is 3.41. The molecule has 1 aliphatic carbocycles. The van der Waals surface area contributed by atoms with Crippen LogP contribution in [0.5, 0.6) is 0 Å². The second-order valence-corrected chi connectivity index (χ2v) is 6.33. The van der Waals surface area contributed by atoms with E-state index < -0.39 is 18.1 Å². The van der Waals surface area contributed by atoms with Gasteiger partial charge in [0.15, 0.2) is 0 Å². The van der Waals surface area contributed by atoms with E-state index in [1.54, 1.807) is 0 Å². The molecule has 0 fully saturated rings. The molecule has 0 radical (unpaired) electrons. The fourth-order valence-corrected chi connectivity index (χ4v) is 3.41. The lowest BCUT2D eigenvalue weighted by Crippen LogP contribution is -2.42. The summed E-state index contributed by atoms with van der Waals surface area (Å²) in [6.45, 7) is 0.515. The number of carbonyl (C=O) groups is 2. The minimum atomic E-state index is -0.800. The zero-order valence-corrected chi connectivity index (χ0v) is 15.4. The smallest absolute Gasteiger partial charge is 0.407 e. The SMILES string of the molecule is COCC[C@H](NC(=O)OCC1c2ccccc2-c2ccccc21)C(=O)OC. The van der Waals surface area contributed by atoms with Gasteiger partial charge in [0.25, 0.3) is 0 Å². The summed E-state index contributed by atoms with van der Waals surface area (Å²) in [4.78, 5) is 24.0. The first-order valence-electron chi connectivity index (χ1n) is 8.84. The number of amides is 1. The number of fused-ring (bicyclic) bond motifs is 3. The van der Waals surface area contributed by atoms with Gasteiger partial charge < -0.3 is 19.5 Å². The summed E-state index contributed by atoms with van der Waals surface area (Å²) < 4.78 is 15.1. The van der Waals surface area contributed by atoms with Crippen molar-refractivity contribution in [1.29, 1.82) is 0 Å². The van der Waals surface area contributed by atoms with Crippen molar-refractivity contribution < 1.29 is 23.8 Å². The summed E-state index contributed by atoms with van der Waals surface area (Å²) in [6, 6.07) is 15.4. The molecule has 142 valence electrons. The van der Waals surface area contributed by atoms with Crippen molar-refractivity contribution in [3.63, 3.8) is 0 Å². The number of benzene rings is 2. The Bertz CT molecular complexity index is 774. The highest BCUT2D eigenvalue weighted by Crippen LogP contribution is 2.44. The number of carbonyl (C=O) groups excluding carboxylic acids is 2. The largest absolute Gasteiger partial charge is 0.467 e. The van der Waals surface area contributed by atoms with Crippen molar-refractivity contribution in [2.45, 2.75) is 18.4 Å². The summed E-state index contributed by atoms with van der Waals surface area (Å²) in [6.07, 6.45) is -0.337. The third-order valence-electron chi connectivity index (χ3n) is 4.73. The Balaban J connectivity index is 1.67. The molecule has 2 aromatic carbocycles. The number of ether oxygens (including phenoxy) is 3. The van der Waals surface area contributed by atoms with Gasteiger partial charge in [-0.2, -0.15) is 0 Å². The van der Waals surface area contributed by atoms with Gasteiger partial charge >= 0.3 is 12.1 Å². The number of rotatable bonds is 7. The van der Waals surface area contributed by atoms with Crippen LogP contribution in [0.15, 0.2) is 48.5 Å². The molecule has 0 spiro atoms. The molecule has 0 bridgehead atoms. The molecule has 1 atom stereocenters. The molecule has 27 heavy (non-hydrogen) atoms. The highest BCUT2D eigenvalue weighted by Gasteiger charge is 2.29. The van der Waals surface area contributed by atoms with Gasteiger partial charge in [0.05, 0.1) is 7.11 Å². The maximum atomic E-state index is 12.2. The maximum absolute atomic E-state index is 12.2. The summed E-state index contributed by atoms with van der Waals surface area (Å²) in [5.74, 6) is -0.556. The van der Waals surface area contributed by atoms with Crippen molar-refractivity contribution in [2.75, 3.05) is 27.4 Å². The van der Waals surface area contributed by atoms with Gasteiger partial charge in [-0.1, -0.05) is 48.5 Å². The lowest BCUT2D eigenvalue weighted by molar-refractivity contribution is -0.143. The van der Waals surface area contributed by atoms with E-state index in [-0.39, 0.29) is 12.5 Å². The molecular formula is C21H23NO5. The zero-order chi connectivity index (χ0) is 19.2. The molecule has 0 aliphatic heterocycles. The van der Waals surface area contributed by atoms with E-state index in [1.165, 1.54) is 14.2 Å². The summed E-state index contributed by atoms with van der Waals surface area (Å²) in [5.41, 5.74) is 4.59. The Morgan fingerprint density at radius 1 is 1.00 bits per heavy atom. The quantitative estimate of drug-likeness (QED) is 0.759. The summed E-state index contributed by atoms with van der Waals surface area (Å²) >= 11 is 0. The number of hydrogen-bond donors (Lipinski definition) is 1. The van der Waals surface area contributed by atoms with Crippen molar-refractivity contribution in [3.05, 3.63) is 59.7 Å². The molecule has 0 heterocycles. The predicted molar refractivity (Wildman–Crippen MR) is 101 cm³/mol. The molecule has 1 N–H and O–H groups in total. The Kier molecular flexibility index (Phi) is 6.08. The van der Waals surface area contributed by atoms with Crippen molar-refractivity contribution in [2.24, 2.45) is 0 Å². The summed E-state index contributed by atoms with van der Waals surface area (Å²) in [5, 5.41) is 2.56. The molecule has 2 aromatic rings. The molecule has 6 heteroatoms. The van der Waals surface area contributed by atoms with Crippen LogP contribution in [0.25, 0.3) is 11.1 Å². The standard InChI is InChI=1S/C21H23NO5/c1-25-12-11-19(20(23)26-2)22-21(24)27-13-18-16-9-5-3-7-14(16)15-8-4-6-10-17(15)18/h3-10,18-19H,11-13H2,1-2H3,(H,22,24)/t19-/m0/s1. The van der Waals surface area contributed by atoms with E-state index in [4.69, 9.17) is 14.2 Å². The van der Waals surface area contributed by atoms with Crippen LogP contribution < -0.4 is 5.32 Å². The second-order valence-electron chi connectivity index (χ2n) is 6.33. The van der Waals surface area contributed by atoms with Crippen molar-refractivity contribution >= 4 is 12.1 Å². The Hall–Kier alpha value is -2.86. The van der Waals surface area contributed by atoms with Crippen molar-refractivity contribution in [1.82, 2.24) is 5.32 Å². The van der Waals surface area contributed by atoms with Crippen LogP contribution in [-0.4, -0.2) is 45.5 Å². The second kappa shape index (κ2) is 8.68. The third kappa shape index (κ3) is 4.11. The highest BCUT2D eigenvalue weighted by molar-refractivity contribution is 5.82. The van der Waals surface area contributed by atoms with E-state index >= 15 is 0 Å². The minimum absolute atomic E-state index is 0.0290. The van der Waals surface area contributed by atoms with Crippen LogP contribution in [0, 0.1) is 0 Å². The monoisotopic (exact) mass is 369 g/mol. The molecule has 0 saturated heterocycles. The lowest BCUT2D eigenvalue weighted by atomic mass is 9.98. The number of alkyl carbamates (subject to hydrolysis) is 1. The molecule has 1 aliphatic rings. The van der Waals surface area contributed by atoms with Gasteiger partial charge in [0.2, 0.25) is 0 Å². The Morgan fingerprint density at radius 2 is 1.59 bits per heavy atom. The number of esters is 1. The third-order valence-corrected chi connectivity index (χ3v) is 4.73. The van der Waals surface area contributed by atoms with Crippen LogP contribution in [0.3, 0.4) is 0 Å². The normalized spacial score (nSPS) is 13.4. The zero-order valence-electron chi connectivity index (χ0n) is 15.4. The number of hydrogen-bond acceptors (Lipinski definition) is 5. The average Bonchev–Trinajstić information content (AvgIpc) is 3.03. The first-order chi connectivity index (χ1) is 13.2. The summed E-state index contributed by atoms with van der Waals surface area (Å²) in [7, 11) is 2.81. The predicted octanol–water partition coefficient (Wildman–Crippen LogP) is 3.10. The van der Waals surface area contributed by atoms with Gasteiger partial charge in [-0.3, -0.25) is 0 Å². The molecule has 6 nitrogen and oxygen atoms in total.